The van der Waals surface area contributed by atoms with Crippen LogP contribution in [-0.2, 0) is 19.5 Å². The van der Waals surface area contributed by atoms with Crippen molar-refractivity contribution < 1.29 is 27.5 Å². The minimum absolute atomic E-state index is 0.0199. The summed E-state index contributed by atoms with van der Waals surface area (Å²) in [6.07, 6.45) is 1.54. The molecule has 0 atom stereocenters. The molecular weight excluding hydrogens is 516 g/mol. The Hall–Kier alpha value is -2.70. The van der Waals surface area contributed by atoms with Gasteiger partial charge in [-0.15, -0.1) is 11.3 Å². The summed E-state index contributed by atoms with van der Waals surface area (Å²) >= 11 is 1.42. The number of carbonyl (C=O) groups is 2. The van der Waals surface area contributed by atoms with Crippen molar-refractivity contribution in [3.8, 4) is 10.4 Å². The zero-order valence-electron chi connectivity index (χ0n) is 22.2. The standard InChI is InChI=1S/C25H36N4O6S2/c1-14(2)34-23(30)27-17-8-9-19(21(12-17)37(32,33)29-25(5,6)7)20-13-26-22(36-20)16-10-18(11-16)28-24(31)35-15(3)4/h8-9,12-16,18,29H,10-11H2,1-7H3,(H,27,30)(H,28,31). The molecule has 1 aromatic heterocycles. The largest absolute Gasteiger partial charge is 0.447 e. The van der Waals surface area contributed by atoms with Crippen molar-refractivity contribution in [2.45, 2.75) is 95.9 Å². The van der Waals surface area contributed by atoms with E-state index in [2.05, 4.69) is 20.3 Å². The predicted octanol–water partition coefficient (Wildman–Crippen LogP) is 5.22. The molecule has 0 bridgehead atoms. The van der Waals surface area contributed by atoms with Crippen LogP contribution >= 0.6 is 11.3 Å². The van der Waals surface area contributed by atoms with Crippen molar-refractivity contribution in [3.63, 3.8) is 0 Å². The third-order valence-corrected chi connectivity index (χ3v) is 8.23. The summed E-state index contributed by atoms with van der Waals surface area (Å²) in [6, 6.07) is 4.74. The Bertz CT molecular complexity index is 1230. The molecule has 1 fully saturated rings. The molecule has 1 aromatic carbocycles. The average Bonchev–Trinajstić information content (AvgIpc) is 3.16. The van der Waals surface area contributed by atoms with Crippen LogP contribution in [0.2, 0.25) is 0 Å². The number of amides is 2. The maximum Gasteiger partial charge on any atom is 0.411 e. The number of aromatic nitrogens is 1. The van der Waals surface area contributed by atoms with E-state index >= 15 is 0 Å². The number of sulfonamides is 1. The number of carbonyl (C=O) groups excluding carboxylic acids is 2. The highest BCUT2D eigenvalue weighted by Gasteiger charge is 2.34. The zero-order chi connectivity index (χ0) is 27.5. The van der Waals surface area contributed by atoms with Gasteiger partial charge in [0.1, 0.15) is 0 Å². The van der Waals surface area contributed by atoms with Crippen LogP contribution in [0, 0.1) is 0 Å². The van der Waals surface area contributed by atoms with Gasteiger partial charge in [-0.2, -0.15) is 0 Å². The molecular formula is C25H36N4O6S2. The second kappa shape index (κ2) is 11.4. The molecule has 12 heteroatoms. The highest BCUT2D eigenvalue weighted by atomic mass is 32.2. The lowest BCUT2D eigenvalue weighted by molar-refractivity contribution is 0.106. The van der Waals surface area contributed by atoms with Crippen molar-refractivity contribution in [3.05, 3.63) is 29.4 Å². The maximum absolute atomic E-state index is 13.4. The van der Waals surface area contributed by atoms with E-state index in [1.54, 1.807) is 66.8 Å². The number of alkyl carbamates (subject to hydrolysis) is 1. The summed E-state index contributed by atoms with van der Waals surface area (Å²) in [4.78, 5) is 29.2. The molecule has 204 valence electrons. The lowest BCUT2D eigenvalue weighted by Gasteiger charge is -2.34. The van der Waals surface area contributed by atoms with Crippen LogP contribution in [0.15, 0.2) is 29.3 Å². The van der Waals surface area contributed by atoms with Gasteiger partial charge in [-0.1, -0.05) is 6.07 Å². The van der Waals surface area contributed by atoms with Crippen LogP contribution < -0.4 is 15.4 Å². The Morgan fingerprint density at radius 2 is 1.68 bits per heavy atom. The average molecular weight is 553 g/mol. The molecule has 1 saturated carbocycles. The minimum Gasteiger partial charge on any atom is -0.447 e. The number of thiazole rings is 1. The number of ether oxygens (including phenoxy) is 2. The monoisotopic (exact) mass is 552 g/mol. The summed E-state index contributed by atoms with van der Waals surface area (Å²) in [5.41, 5.74) is 0.0759. The molecule has 2 amide bonds. The Kier molecular flexibility index (Phi) is 8.86. The Labute approximate surface area is 222 Å². The summed E-state index contributed by atoms with van der Waals surface area (Å²) in [6.45, 7) is 12.3. The zero-order valence-corrected chi connectivity index (χ0v) is 23.9. The SMILES string of the molecule is CC(C)OC(=O)Nc1ccc(-c2cnc(C3CC(NC(=O)OC(C)C)C3)s2)c(S(=O)(=O)NC(C)(C)C)c1. The van der Waals surface area contributed by atoms with Gasteiger partial charge >= 0.3 is 12.2 Å². The van der Waals surface area contributed by atoms with E-state index < -0.39 is 27.7 Å². The maximum atomic E-state index is 13.4. The first-order chi connectivity index (χ1) is 17.1. The number of rotatable bonds is 8. The molecule has 3 N–H and O–H groups in total. The fraction of sp³-hybridized carbons (Fsp3) is 0.560. The second-order valence-corrected chi connectivity index (χ2v) is 13.4. The molecule has 2 aromatic rings. The number of benzene rings is 1. The molecule has 0 saturated heterocycles. The Balaban J connectivity index is 1.83. The summed E-state index contributed by atoms with van der Waals surface area (Å²) < 4.78 is 39.7. The van der Waals surface area contributed by atoms with E-state index in [-0.39, 0.29) is 29.1 Å². The van der Waals surface area contributed by atoms with Crippen LogP contribution in [0.4, 0.5) is 15.3 Å². The van der Waals surface area contributed by atoms with Crippen LogP contribution in [-0.4, -0.2) is 49.4 Å². The summed E-state index contributed by atoms with van der Waals surface area (Å²) in [5, 5.41) is 6.32. The van der Waals surface area contributed by atoms with E-state index in [4.69, 9.17) is 9.47 Å². The summed E-state index contributed by atoms with van der Waals surface area (Å²) in [7, 11) is -3.94. The normalized spacial score (nSPS) is 17.9. The van der Waals surface area contributed by atoms with Gasteiger partial charge in [0.25, 0.3) is 0 Å². The van der Waals surface area contributed by atoms with E-state index in [0.29, 0.717) is 16.1 Å². The van der Waals surface area contributed by atoms with Crippen LogP contribution in [0.3, 0.4) is 0 Å². The van der Waals surface area contributed by atoms with Gasteiger partial charge in [-0.05, 0) is 73.4 Å². The topological polar surface area (TPSA) is 136 Å². The molecule has 37 heavy (non-hydrogen) atoms. The fourth-order valence-electron chi connectivity index (χ4n) is 3.80. The van der Waals surface area contributed by atoms with Crippen molar-refractivity contribution in [1.82, 2.24) is 15.0 Å². The first kappa shape index (κ1) is 28.9. The van der Waals surface area contributed by atoms with Crippen LogP contribution in [0.5, 0.6) is 0 Å². The number of nitrogens with one attached hydrogen (secondary N) is 3. The van der Waals surface area contributed by atoms with E-state index in [1.165, 1.54) is 17.4 Å². The molecule has 10 nitrogen and oxygen atoms in total. The first-order valence-electron chi connectivity index (χ1n) is 12.2. The third-order valence-electron chi connectivity index (χ3n) is 5.24. The molecule has 0 radical (unpaired) electrons. The van der Waals surface area contributed by atoms with E-state index in [1.807, 2.05) is 0 Å². The van der Waals surface area contributed by atoms with Gasteiger partial charge < -0.3 is 14.8 Å². The second-order valence-electron chi connectivity index (χ2n) is 10.7. The van der Waals surface area contributed by atoms with Crippen molar-refractivity contribution in [1.29, 1.82) is 0 Å². The Morgan fingerprint density at radius 1 is 1.05 bits per heavy atom. The lowest BCUT2D eigenvalue weighted by atomic mass is 9.81. The highest BCUT2D eigenvalue weighted by Crippen LogP contribution is 2.42. The quantitative estimate of drug-likeness (QED) is 0.408. The molecule has 1 aliphatic carbocycles. The smallest absolute Gasteiger partial charge is 0.411 e. The van der Waals surface area contributed by atoms with E-state index in [9.17, 15) is 18.0 Å². The van der Waals surface area contributed by atoms with Gasteiger partial charge in [0.05, 0.1) is 27.0 Å². The van der Waals surface area contributed by atoms with Crippen LogP contribution in [0.25, 0.3) is 10.4 Å². The summed E-state index contributed by atoms with van der Waals surface area (Å²) in [5.74, 6) is 0.169. The Morgan fingerprint density at radius 3 is 2.27 bits per heavy atom. The number of hydrogen-bond acceptors (Lipinski definition) is 8. The van der Waals surface area contributed by atoms with Gasteiger partial charge in [-0.3, -0.25) is 5.32 Å². The van der Waals surface area contributed by atoms with Crippen molar-refractivity contribution >= 4 is 39.2 Å². The molecule has 0 spiro atoms. The number of hydrogen-bond donors (Lipinski definition) is 3. The fourth-order valence-corrected chi connectivity index (χ4v) is 6.61. The van der Waals surface area contributed by atoms with Gasteiger partial charge in [0.2, 0.25) is 10.0 Å². The van der Waals surface area contributed by atoms with Gasteiger partial charge in [-0.25, -0.2) is 27.7 Å². The van der Waals surface area contributed by atoms with E-state index in [0.717, 1.165) is 17.8 Å². The molecule has 0 unspecified atom stereocenters. The number of anilines is 1. The van der Waals surface area contributed by atoms with Gasteiger partial charge in [0.15, 0.2) is 0 Å². The third kappa shape index (κ3) is 8.14. The molecule has 1 aliphatic rings. The van der Waals surface area contributed by atoms with Crippen LogP contribution in [0.1, 0.15) is 72.2 Å². The minimum atomic E-state index is -3.94. The van der Waals surface area contributed by atoms with Gasteiger partial charge in [0, 0.05) is 34.9 Å². The molecule has 3 rings (SSSR count). The van der Waals surface area contributed by atoms with Crippen molar-refractivity contribution in [2.75, 3.05) is 5.32 Å². The number of nitrogens with zero attached hydrogens (tertiary/aromatic N) is 1. The highest BCUT2D eigenvalue weighted by molar-refractivity contribution is 7.89. The predicted molar refractivity (Wildman–Crippen MR) is 143 cm³/mol. The van der Waals surface area contributed by atoms with Crippen molar-refractivity contribution in [2.24, 2.45) is 0 Å². The molecule has 0 aliphatic heterocycles. The first-order valence-corrected chi connectivity index (χ1v) is 14.5. The lowest BCUT2D eigenvalue weighted by Crippen LogP contribution is -2.44. The molecule has 1 heterocycles.